The van der Waals surface area contributed by atoms with Gasteiger partial charge in [-0.2, -0.15) is 0 Å². The van der Waals surface area contributed by atoms with Crippen LogP contribution < -0.4 is 4.90 Å². The number of rotatable bonds is 5. The van der Waals surface area contributed by atoms with Crippen molar-refractivity contribution in [2.45, 2.75) is 39.2 Å². The normalized spacial score (nSPS) is 14.7. The molecule has 0 atom stereocenters. The number of carbonyl (C=O) groups is 1. The molecule has 92 valence electrons. The Morgan fingerprint density at radius 2 is 2.24 bits per heavy atom. The minimum absolute atomic E-state index is 0.192. The van der Waals surface area contributed by atoms with Gasteiger partial charge in [-0.05, 0) is 38.3 Å². The molecule has 4 heteroatoms. The lowest BCUT2D eigenvalue weighted by atomic mass is 10.1. The summed E-state index contributed by atoms with van der Waals surface area (Å²) >= 11 is 0. The van der Waals surface area contributed by atoms with Gasteiger partial charge < -0.3 is 10.0 Å². The van der Waals surface area contributed by atoms with Crippen LogP contribution in [0.1, 0.15) is 30.5 Å². The molecule has 0 unspecified atom stereocenters. The highest BCUT2D eigenvalue weighted by Crippen LogP contribution is 2.33. The summed E-state index contributed by atoms with van der Waals surface area (Å²) in [6.07, 6.45) is 4.33. The topological polar surface area (TPSA) is 53.4 Å². The van der Waals surface area contributed by atoms with Gasteiger partial charge in [-0.1, -0.05) is 0 Å². The molecule has 0 saturated heterocycles. The average Bonchev–Trinajstić information content (AvgIpc) is 3.08. The maximum absolute atomic E-state index is 10.7. The SMILES string of the molecule is Cc1nccc(N(CCC(=O)O)C2CC2)c1C. The van der Waals surface area contributed by atoms with E-state index in [1.54, 1.807) is 6.20 Å². The summed E-state index contributed by atoms with van der Waals surface area (Å²) in [5, 5.41) is 8.80. The van der Waals surface area contributed by atoms with E-state index in [9.17, 15) is 4.79 Å². The van der Waals surface area contributed by atoms with Crippen LogP contribution in [0.4, 0.5) is 5.69 Å². The third-order valence-corrected chi connectivity index (χ3v) is 3.29. The van der Waals surface area contributed by atoms with Gasteiger partial charge in [-0.15, -0.1) is 0 Å². The van der Waals surface area contributed by atoms with Gasteiger partial charge in [0.25, 0.3) is 0 Å². The molecule has 17 heavy (non-hydrogen) atoms. The third-order valence-electron chi connectivity index (χ3n) is 3.29. The summed E-state index contributed by atoms with van der Waals surface area (Å²) in [5.74, 6) is -0.737. The van der Waals surface area contributed by atoms with Crippen molar-refractivity contribution < 1.29 is 9.90 Å². The number of pyridine rings is 1. The number of aryl methyl sites for hydroxylation is 1. The summed E-state index contributed by atoms with van der Waals surface area (Å²) < 4.78 is 0. The van der Waals surface area contributed by atoms with Crippen molar-refractivity contribution in [1.29, 1.82) is 0 Å². The number of aliphatic carboxylic acids is 1. The second-order valence-electron chi connectivity index (χ2n) is 4.61. The molecule has 1 saturated carbocycles. The minimum Gasteiger partial charge on any atom is -0.481 e. The Labute approximate surface area is 101 Å². The first-order valence-electron chi connectivity index (χ1n) is 6.00. The zero-order chi connectivity index (χ0) is 12.4. The quantitative estimate of drug-likeness (QED) is 0.848. The fraction of sp³-hybridized carbons (Fsp3) is 0.538. The molecule has 0 radical (unpaired) electrons. The predicted octanol–water partition coefficient (Wildman–Crippen LogP) is 2.14. The first-order valence-corrected chi connectivity index (χ1v) is 6.00. The number of carboxylic acids is 1. The lowest BCUT2D eigenvalue weighted by molar-refractivity contribution is -0.136. The van der Waals surface area contributed by atoms with E-state index in [-0.39, 0.29) is 6.42 Å². The fourth-order valence-electron chi connectivity index (χ4n) is 2.04. The molecule has 1 fully saturated rings. The second kappa shape index (κ2) is 4.73. The highest BCUT2D eigenvalue weighted by molar-refractivity contribution is 5.68. The number of anilines is 1. The van der Waals surface area contributed by atoms with Gasteiger partial charge in [0.05, 0.1) is 6.42 Å². The molecular formula is C13H18N2O2. The summed E-state index contributed by atoms with van der Waals surface area (Å²) in [5.41, 5.74) is 3.31. The van der Waals surface area contributed by atoms with Gasteiger partial charge in [-0.3, -0.25) is 9.78 Å². The molecule has 1 aromatic heterocycles. The van der Waals surface area contributed by atoms with Gasteiger partial charge in [0.2, 0.25) is 0 Å². The summed E-state index contributed by atoms with van der Waals surface area (Å²) in [6, 6.07) is 2.51. The first kappa shape index (κ1) is 11.9. The fourth-order valence-corrected chi connectivity index (χ4v) is 2.04. The Morgan fingerprint density at radius 1 is 1.53 bits per heavy atom. The van der Waals surface area contributed by atoms with Crippen molar-refractivity contribution in [2.24, 2.45) is 0 Å². The number of carboxylic acid groups (broad SMARTS) is 1. The van der Waals surface area contributed by atoms with Crippen LogP contribution >= 0.6 is 0 Å². The molecule has 1 aliphatic carbocycles. The molecule has 0 aliphatic heterocycles. The Kier molecular flexibility index (Phi) is 3.31. The maximum Gasteiger partial charge on any atom is 0.305 e. The van der Waals surface area contributed by atoms with Crippen LogP contribution in [0.25, 0.3) is 0 Å². The first-order chi connectivity index (χ1) is 8.09. The molecule has 0 aromatic carbocycles. The monoisotopic (exact) mass is 234 g/mol. The molecular weight excluding hydrogens is 216 g/mol. The summed E-state index contributed by atoms with van der Waals surface area (Å²) in [7, 11) is 0. The van der Waals surface area contributed by atoms with Gasteiger partial charge in [0, 0.05) is 30.2 Å². The standard InChI is InChI=1S/C13H18N2O2/c1-9-10(2)14-7-5-12(9)15(11-3-4-11)8-6-13(16)17/h5,7,11H,3-4,6,8H2,1-2H3,(H,16,17). The van der Waals surface area contributed by atoms with Crippen LogP contribution in [-0.2, 0) is 4.79 Å². The van der Waals surface area contributed by atoms with Crippen molar-refractivity contribution >= 4 is 11.7 Å². The molecule has 1 N–H and O–H groups in total. The molecule has 2 rings (SSSR count). The van der Waals surface area contributed by atoms with Crippen LogP contribution in [0.2, 0.25) is 0 Å². The Balaban J connectivity index is 2.20. The predicted molar refractivity (Wildman–Crippen MR) is 66.3 cm³/mol. The smallest absolute Gasteiger partial charge is 0.305 e. The van der Waals surface area contributed by atoms with E-state index in [2.05, 4.69) is 9.88 Å². The highest BCUT2D eigenvalue weighted by Gasteiger charge is 2.30. The lowest BCUT2D eigenvalue weighted by Gasteiger charge is -2.26. The van der Waals surface area contributed by atoms with Crippen molar-refractivity contribution in [2.75, 3.05) is 11.4 Å². The average molecular weight is 234 g/mol. The Bertz CT molecular complexity index is 427. The van der Waals surface area contributed by atoms with E-state index in [1.165, 1.54) is 12.8 Å². The zero-order valence-corrected chi connectivity index (χ0v) is 10.3. The number of nitrogens with zero attached hydrogens (tertiary/aromatic N) is 2. The van der Waals surface area contributed by atoms with Gasteiger partial charge >= 0.3 is 5.97 Å². The highest BCUT2D eigenvalue weighted by atomic mass is 16.4. The van der Waals surface area contributed by atoms with Crippen LogP contribution in [0.3, 0.4) is 0 Å². The van der Waals surface area contributed by atoms with E-state index < -0.39 is 5.97 Å². The molecule has 0 spiro atoms. The molecule has 1 aromatic rings. The molecule has 0 amide bonds. The Hall–Kier alpha value is -1.58. The van der Waals surface area contributed by atoms with Crippen molar-refractivity contribution in [3.05, 3.63) is 23.5 Å². The molecule has 1 heterocycles. The van der Waals surface area contributed by atoms with Crippen LogP contribution in [-0.4, -0.2) is 28.6 Å². The largest absolute Gasteiger partial charge is 0.481 e. The van der Waals surface area contributed by atoms with Gasteiger partial charge in [0.15, 0.2) is 0 Å². The van der Waals surface area contributed by atoms with Crippen LogP contribution in [0.5, 0.6) is 0 Å². The zero-order valence-electron chi connectivity index (χ0n) is 10.3. The minimum atomic E-state index is -0.737. The number of hydrogen-bond donors (Lipinski definition) is 1. The van der Waals surface area contributed by atoms with Crippen molar-refractivity contribution in [3.8, 4) is 0 Å². The third kappa shape index (κ3) is 2.75. The van der Waals surface area contributed by atoms with Crippen molar-refractivity contribution in [3.63, 3.8) is 0 Å². The second-order valence-corrected chi connectivity index (χ2v) is 4.61. The van der Waals surface area contributed by atoms with Gasteiger partial charge in [0.1, 0.15) is 0 Å². The van der Waals surface area contributed by atoms with Gasteiger partial charge in [-0.25, -0.2) is 0 Å². The summed E-state index contributed by atoms with van der Waals surface area (Å²) in [6.45, 7) is 4.62. The van der Waals surface area contributed by atoms with E-state index >= 15 is 0 Å². The number of hydrogen-bond acceptors (Lipinski definition) is 3. The molecule has 4 nitrogen and oxygen atoms in total. The van der Waals surface area contributed by atoms with E-state index in [0.29, 0.717) is 12.6 Å². The molecule has 0 bridgehead atoms. The number of aromatic nitrogens is 1. The lowest BCUT2D eigenvalue weighted by Crippen LogP contribution is -2.29. The van der Waals surface area contributed by atoms with Crippen LogP contribution in [0, 0.1) is 13.8 Å². The van der Waals surface area contributed by atoms with E-state index in [4.69, 9.17) is 5.11 Å². The Morgan fingerprint density at radius 3 is 2.82 bits per heavy atom. The van der Waals surface area contributed by atoms with Crippen LogP contribution in [0.15, 0.2) is 12.3 Å². The van der Waals surface area contributed by atoms with E-state index in [1.807, 2.05) is 19.9 Å². The molecule has 1 aliphatic rings. The van der Waals surface area contributed by atoms with Crippen molar-refractivity contribution in [1.82, 2.24) is 4.98 Å². The summed E-state index contributed by atoms with van der Waals surface area (Å²) in [4.78, 5) is 17.2. The van der Waals surface area contributed by atoms with E-state index in [0.717, 1.165) is 16.9 Å². The maximum atomic E-state index is 10.7.